The molecule has 0 unspecified atom stereocenters. The number of aliphatic hydroxyl groups excluding tert-OH is 2. The Morgan fingerprint density at radius 3 is 1.06 bits per heavy atom. The van der Waals surface area contributed by atoms with Gasteiger partial charge in [0.2, 0.25) is 11.8 Å². The zero-order valence-corrected chi connectivity index (χ0v) is 41.7. The standard InChI is InChI=1S/C44H87N7O16/c1-8-9-22-65-40(56)37-51(18-29-59-23-10-45-38(54)35-49(16-31-63-33-20-52)14-27-61-25-12-47-41(57)66-43(2,3)4)19-30-60-24-11-46-39(55)36-50(17-32-64-34-21-53)15-28-62-26-13-48-42(58)67-44(5,6)7/h52-53H,8-37H2,1-7H3,(H,45,54)(H,46,55)(H,47,57)(H,48,58). The number of rotatable bonds is 43. The van der Waals surface area contributed by atoms with Gasteiger partial charge in [0.25, 0.3) is 0 Å². The van der Waals surface area contributed by atoms with Crippen molar-refractivity contribution < 1.29 is 76.8 Å². The molecule has 0 aromatic heterocycles. The van der Waals surface area contributed by atoms with Gasteiger partial charge in [-0.25, -0.2) is 9.59 Å². The molecule has 0 aliphatic heterocycles. The number of nitrogens with one attached hydrogen (secondary N) is 4. The van der Waals surface area contributed by atoms with Gasteiger partial charge in [-0.1, -0.05) is 13.3 Å². The van der Waals surface area contributed by atoms with Gasteiger partial charge in [-0.2, -0.15) is 0 Å². The molecule has 0 saturated heterocycles. The van der Waals surface area contributed by atoms with Crippen LogP contribution in [-0.2, 0) is 57.0 Å². The molecule has 0 heterocycles. The Kier molecular flexibility index (Phi) is 39.3. The van der Waals surface area contributed by atoms with Gasteiger partial charge in [0.1, 0.15) is 11.2 Å². The van der Waals surface area contributed by atoms with E-state index in [9.17, 15) is 24.0 Å². The van der Waals surface area contributed by atoms with Crippen molar-refractivity contribution in [1.29, 1.82) is 0 Å². The van der Waals surface area contributed by atoms with E-state index in [0.717, 1.165) is 12.8 Å². The molecule has 23 nitrogen and oxygen atoms in total. The van der Waals surface area contributed by atoms with Crippen LogP contribution in [0.15, 0.2) is 0 Å². The highest BCUT2D eigenvalue weighted by Gasteiger charge is 2.18. The van der Waals surface area contributed by atoms with E-state index in [1.54, 1.807) is 41.5 Å². The monoisotopic (exact) mass is 970 g/mol. The number of aliphatic hydroxyl groups is 2. The first kappa shape index (κ1) is 63.5. The lowest BCUT2D eigenvalue weighted by atomic mass is 10.2. The SMILES string of the molecule is CCCCOC(=O)CN(CCOCCNC(=O)CN(CCOCCO)CCOCCNC(=O)OC(C)(C)C)CCOCCNC(=O)CN(CCOCCO)CCOCCNC(=O)OC(C)(C)C. The fraction of sp³-hybridized carbons (Fsp3) is 0.886. The number of nitrogens with zero attached hydrogens (tertiary/aromatic N) is 3. The van der Waals surface area contributed by atoms with Crippen molar-refractivity contribution in [3.8, 4) is 0 Å². The van der Waals surface area contributed by atoms with Crippen LogP contribution in [0.1, 0.15) is 61.3 Å². The molecule has 6 N–H and O–H groups in total. The summed E-state index contributed by atoms with van der Waals surface area (Å²) in [6.45, 7) is 20.0. The van der Waals surface area contributed by atoms with E-state index in [0.29, 0.717) is 72.3 Å². The smallest absolute Gasteiger partial charge is 0.407 e. The Balaban J connectivity index is 4.72. The Hall–Kier alpha value is -3.49. The third-order valence-electron chi connectivity index (χ3n) is 8.60. The molecule has 67 heavy (non-hydrogen) atoms. The van der Waals surface area contributed by atoms with Crippen LogP contribution < -0.4 is 21.3 Å². The van der Waals surface area contributed by atoms with E-state index >= 15 is 0 Å². The number of hydrogen-bond acceptors (Lipinski definition) is 19. The molecule has 0 atom stereocenters. The van der Waals surface area contributed by atoms with Gasteiger partial charge in [-0.05, 0) is 48.0 Å². The molecule has 0 bridgehead atoms. The minimum Gasteiger partial charge on any atom is -0.465 e. The molecular weight excluding hydrogens is 883 g/mol. The average molecular weight is 970 g/mol. The summed E-state index contributed by atoms with van der Waals surface area (Å²) in [6, 6.07) is 0. The Bertz CT molecular complexity index is 1190. The number of unbranched alkanes of at least 4 members (excludes halogenated alkanes) is 1. The van der Waals surface area contributed by atoms with Crippen LogP contribution in [0.5, 0.6) is 0 Å². The van der Waals surface area contributed by atoms with Crippen molar-refractivity contribution >= 4 is 30.0 Å². The summed E-state index contributed by atoms with van der Waals surface area (Å²) < 4.78 is 49.3. The average Bonchev–Trinajstić information content (AvgIpc) is 3.24. The van der Waals surface area contributed by atoms with E-state index in [4.69, 9.17) is 52.8 Å². The summed E-state index contributed by atoms with van der Waals surface area (Å²) in [7, 11) is 0. The first-order valence-electron chi connectivity index (χ1n) is 23.5. The normalized spacial score (nSPS) is 11.8. The third-order valence-corrected chi connectivity index (χ3v) is 8.60. The van der Waals surface area contributed by atoms with Crippen molar-refractivity contribution in [3.05, 3.63) is 0 Å². The number of esters is 1. The predicted octanol–water partition coefficient (Wildman–Crippen LogP) is -0.398. The summed E-state index contributed by atoms with van der Waals surface area (Å²) in [5.74, 6) is -0.775. The van der Waals surface area contributed by atoms with Gasteiger partial charge >= 0.3 is 18.2 Å². The topological polar surface area (TPSA) is 267 Å². The van der Waals surface area contributed by atoms with Crippen LogP contribution in [0, 0.1) is 0 Å². The molecule has 0 radical (unpaired) electrons. The number of hydrogen-bond donors (Lipinski definition) is 6. The van der Waals surface area contributed by atoms with Gasteiger partial charge in [0.15, 0.2) is 0 Å². The van der Waals surface area contributed by atoms with Crippen molar-refractivity contribution in [3.63, 3.8) is 0 Å². The summed E-state index contributed by atoms with van der Waals surface area (Å²) >= 11 is 0. The summed E-state index contributed by atoms with van der Waals surface area (Å²) in [5, 5.41) is 29.0. The maximum Gasteiger partial charge on any atom is 0.407 e. The number of carbonyl (C=O) groups is 5. The first-order valence-corrected chi connectivity index (χ1v) is 23.5. The lowest BCUT2D eigenvalue weighted by Gasteiger charge is -2.22. The molecular formula is C44H87N7O16. The second-order valence-electron chi connectivity index (χ2n) is 17.1. The number of ether oxygens (including phenoxy) is 9. The molecule has 0 spiro atoms. The highest BCUT2D eigenvalue weighted by Crippen LogP contribution is 2.07. The van der Waals surface area contributed by atoms with Crippen LogP contribution in [0.25, 0.3) is 0 Å². The predicted molar refractivity (Wildman–Crippen MR) is 249 cm³/mol. The number of alkyl carbamates (subject to hydrolysis) is 2. The van der Waals surface area contributed by atoms with Crippen LogP contribution in [-0.4, -0.2) is 250 Å². The van der Waals surface area contributed by atoms with Crippen LogP contribution >= 0.6 is 0 Å². The van der Waals surface area contributed by atoms with Crippen molar-refractivity contribution in [2.45, 2.75) is 72.5 Å². The maximum atomic E-state index is 12.8. The Morgan fingerprint density at radius 2 is 0.746 bits per heavy atom. The van der Waals surface area contributed by atoms with Crippen molar-refractivity contribution in [1.82, 2.24) is 36.0 Å². The minimum absolute atomic E-state index is 0.0492. The van der Waals surface area contributed by atoms with Gasteiger partial charge < -0.3 is 74.1 Å². The summed E-state index contributed by atoms with van der Waals surface area (Å²) in [5.41, 5.74) is -1.19. The largest absolute Gasteiger partial charge is 0.465 e. The molecule has 394 valence electrons. The molecule has 0 aromatic rings. The van der Waals surface area contributed by atoms with E-state index in [-0.39, 0.29) is 130 Å². The molecule has 23 heteroatoms. The third kappa shape index (κ3) is 44.8. The Labute approximate surface area is 398 Å². The van der Waals surface area contributed by atoms with E-state index in [1.807, 2.05) is 21.6 Å². The molecule has 0 aliphatic rings. The van der Waals surface area contributed by atoms with Crippen molar-refractivity contribution in [2.75, 3.05) is 184 Å². The Morgan fingerprint density at radius 1 is 0.433 bits per heavy atom. The van der Waals surface area contributed by atoms with Gasteiger partial charge in [0, 0.05) is 65.4 Å². The maximum absolute atomic E-state index is 12.8. The summed E-state index contributed by atoms with van der Waals surface area (Å²) in [6.07, 6.45) is 0.622. The quantitative estimate of drug-likeness (QED) is 0.0258. The number of carbonyl (C=O) groups excluding carboxylic acids is 5. The first-order chi connectivity index (χ1) is 32.0. The van der Waals surface area contributed by atoms with Crippen LogP contribution in [0.3, 0.4) is 0 Å². The van der Waals surface area contributed by atoms with E-state index in [1.165, 1.54) is 0 Å². The molecule has 4 amide bonds. The molecule has 0 aliphatic carbocycles. The zero-order valence-electron chi connectivity index (χ0n) is 41.7. The lowest BCUT2D eigenvalue weighted by molar-refractivity contribution is -0.145. The molecule has 0 rings (SSSR count). The van der Waals surface area contributed by atoms with Gasteiger partial charge in [0.05, 0.1) is 119 Å². The van der Waals surface area contributed by atoms with E-state index in [2.05, 4.69) is 21.3 Å². The molecule has 0 saturated carbocycles. The summed E-state index contributed by atoms with van der Waals surface area (Å²) in [4.78, 5) is 67.3. The van der Waals surface area contributed by atoms with Gasteiger partial charge in [-0.3, -0.25) is 29.1 Å². The second-order valence-corrected chi connectivity index (χ2v) is 17.1. The highest BCUT2D eigenvalue weighted by atomic mass is 16.6. The second kappa shape index (κ2) is 41.5. The minimum atomic E-state index is -0.595. The fourth-order valence-corrected chi connectivity index (χ4v) is 5.39. The van der Waals surface area contributed by atoms with Crippen molar-refractivity contribution in [2.24, 2.45) is 0 Å². The van der Waals surface area contributed by atoms with Crippen LogP contribution in [0.2, 0.25) is 0 Å². The zero-order chi connectivity index (χ0) is 50.0. The van der Waals surface area contributed by atoms with Crippen LogP contribution in [0.4, 0.5) is 9.59 Å². The lowest BCUT2D eigenvalue weighted by Crippen LogP contribution is -2.42. The molecule has 0 aromatic carbocycles. The van der Waals surface area contributed by atoms with E-state index < -0.39 is 23.4 Å². The molecule has 0 fully saturated rings. The number of amides is 4. The fourth-order valence-electron chi connectivity index (χ4n) is 5.39. The highest BCUT2D eigenvalue weighted by molar-refractivity contribution is 5.78. The van der Waals surface area contributed by atoms with Gasteiger partial charge in [-0.15, -0.1) is 0 Å².